The maximum Gasteiger partial charge on any atom is 0.311 e. The van der Waals surface area contributed by atoms with Crippen molar-refractivity contribution in [1.29, 1.82) is 0 Å². The van der Waals surface area contributed by atoms with Crippen LogP contribution in [0, 0.1) is 5.41 Å². The minimum Gasteiger partial charge on any atom is -0.497 e. The number of rotatable bonds is 7. The second kappa shape index (κ2) is 9.67. The van der Waals surface area contributed by atoms with Crippen molar-refractivity contribution < 1.29 is 23.4 Å². The Morgan fingerprint density at radius 2 is 1.77 bits per heavy atom. The highest BCUT2D eigenvalue weighted by atomic mass is 16.5. The Balaban J connectivity index is 1.10. The average Bonchev–Trinajstić information content (AvgIpc) is 3.32. The molecule has 1 aromatic heterocycles. The molecule has 0 spiro atoms. The van der Waals surface area contributed by atoms with Crippen LogP contribution in [0.5, 0.6) is 11.5 Å². The molecule has 184 valence electrons. The first-order chi connectivity index (χ1) is 16.9. The summed E-state index contributed by atoms with van der Waals surface area (Å²) in [5.41, 5.74) is 2.11. The third-order valence-electron chi connectivity index (χ3n) is 6.13. The molecule has 2 aliphatic rings. The van der Waals surface area contributed by atoms with Crippen LogP contribution in [0.15, 0.2) is 52.9 Å². The van der Waals surface area contributed by atoms with Crippen LogP contribution < -0.4 is 9.47 Å². The van der Waals surface area contributed by atoms with Crippen LogP contribution >= 0.6 is 0 Å². The van der Waals surface area contributed by atoms with Crippen molar-refractivity contribution in [2.24, 2.45) is 5.41 Å². The van der Waals surface area contributed by atoms with Crippen molar-refractivity contribution in [3.8, 4) is 23.0 Å². The molecule has 2 aliphatic heterocycles. The number of ether oxygens (including phenoxy) is 3. The summed E-state index contributed by atoms with van der Waals surface area (Å²) in [6.45, 7) is 8.71. The summed E-state index contributed by atoms with van der Waals surface area (Å²) in [4.78, 5) is 16.6. The number of aromatic nitrogens is 2. The topological polar surface area (TPSA) is 90.2 Å². The van der Waals surface area contributed by atoms with Gasteiger partial charge in [-0.3, -0.25) is 9.69 Å². The number of carbonyl (C=O) groups excluding carboxylic acids is 1. The highest BCUT2D eigenvalue weighted by molar-refractivity contribution is 5.90. The number of hydrogen-bond acceptors (Lipinski definition) is 8. The summed E-state index contributed by atoms with van der Waals surface area (Å²) < 4.78 is 22.5. The van der Waals surface area contributed by atoms with E-state index in [2.05, 4.69) is 41.1 Å². The van der Waals surface area contributed by atoms with E-state index in [4.69, 9.17) is 18.6 Å². The molecule has 1 amide bonds. The van der Waals surface area contributed by atoms with Gasteiger partial charge in [0.1, 0.15) is 17.6 Å². The van der Waals surface area contributed by atoms with E-state index in [1.165, 1.54) is 5.56 Å². The molecular formula is C26H30N4O5. The normalized spacial score (nSPS) is 18.2. The summed E-state index contributed by atoms with van der Waals surface area (Å²) in [5, 5.41) is 7.92. The molecule has 35 heavy (non-hydrogen) atoms. The number of amides is 1. The lowest BCUT2D eigenvalue weighted by Gasteiger charge is -2.38. The lowest BCUT2D eigenvalue weighted by molar-refractivity contribution is -0.0815. The van der Waals surface area contributed by atoms with E-state index in [1.54, 1.807) is 36.3 Å². The van der Waals surface area contributed by atoms with E-state index >= 15 is 0 Å². The van der Waals surface area contributed by atoms with Gasteiger partial charge in [0, 0.05) is 24.1 Å². The summed E-state index contributed by atoms with van der Waals surface area (Å²) in [6.07, 6.45) is -0.0647. The highest BCUT2D eigenvalue weighted by Gasteiger charge is 2.35. The van der Waals surface area contributed by atoms with Crippen molar-refractivity contribution in [2.45, 2.75) is 26.5 Å². The molecule has 0 radical (unpaired) electrons. The van der Waals surface area contributed by atoms with Crippen molar-refractivity contribution in [3.63, 3.8) is 0 Å². The minimum atomic E-state index is -0.292. The van der Waals surface area contributed by atoms with Gasteiger partial charge in [0.05, 0.1) is 33.5 Å². The van der Waals surface area contributed by atoms with Crippen LogP contribution in [-0.2, 0) is 11.3 Å². The van der Waals surface area contributed by atoms with E-state index < -0.39 is 0 Å². The zero-order valence-corrected chi connectivity index (χ0v) is 20.3. The lowest BCUT2D eigenvalue weighted by Crippen LogP contribution is -2.56. The van der Waals surface area contributed by atoms with Gasteiger partial charge in [-0.1, -0.05) is 26.0 Å². The van der Waals surface area contributed by atoms with Crippen LogP contribution in [0.25, 0.3) is 11.5 Å². The molecular weight excluding hydrogens is 448 g/mol. The Morgan fingerprint density at radius 1 is 1.06 bits per heavy atom. The Kier molecular flexibility index (Phi) is 6.44. The SMILES string of the molecule is COc1ccc(-c2nnc(C(=O)N3CC(Oc4ccc(CN5COCC(C)(C)C5)cc4)C3)o2)cc1. The zero-order valence-electron chi connectivity index (χ0n) is 20.3. The fourth-order valence-corrected chi connectivity index (χ4v) is 4.35. The molecule has 9 heteroatoms. The van der Waals surface area contributed by atoms with E-state index in [0.29, 0.717) is 25.7 Å². The van der Waals surface area contributed by atoms with Gasteiger partial charge in [0.15, 0.2) is 0 Å². The molecule has 3 aromatic rings. The van der Waals surface area contributed by atoms with E-state index in [-0.39, 0.29) is 23.3 Å². The maximum absolute atomic E-state index is 12.7. The van der Waals surface area contributed by atoms with Crippen molar-refractivity contribution in [1.82, 2.24) is 20.0 Å². The molecule has 3 heterocycles. The lowest BCUT2D eigenvalue weighted by atomic mass is 9.93. The number of carbonyl (C=O) groups is 1. The predicted octanol–water partition coefficient (Wildman–Crippen LogP) is 3.46. The zero-order chi connectivity index (χ0) is 24.4. The van der Waals surface area contributed by atoms with Crippen molar-refractivity contribution in [2.75, 3.05) is 40.1 Å². The van der Waals surface area contributed by atoms with Gasteiger partial charge >= 0.3 is 11.8 Å². The van der Waals surface area contributed by atoms with Gasteiger partial charge in [-0.2, -0.15) is 0 Å². The van der Waals surface area contributed by atoms with Gasteiger partial charge < -0.3 is 23.5 Å². The first kappa shape index (κ1) is 23.3. The van der Waals surface area contributed by atoms with Crippen LogP contribution in [0.2, 0.25) is 0 Å². The van der Waals surface area contributed by atoms with Crippen LogP contribution in [0.4, 0.5) is 0 Å². The molecule has 2 aromatic carbocycles. The van der Waals surface area contributed by atoms with Gasteiger partial charge in [-0.15, -0.1) is 10.2 Å². The third-order valence-corrected chi connectivity index (χ3v) is 6.13. The Hall–Kier alpha value is -3.43. The summed E-state index contributed by atoms with van der Waals surface area (Å²) in [6, 6.07) is 15.3. The van der Waals surface area contributed by atoms with Crippen LogP contribution in [0.3, 0.4) is 0 Å². The quantitative estimate of drug-likeness (QED) is 0.510. The smallest absolute Gasteiger partial charge is 0.311 e. The molecule has 0 aliphatic carbocycles. The number of methoxy groups -OCH3 is 1. The molecule has 0 bridgehead atoms. The van der Waals surface area contributed by atoms with E-state index in [9.17, 15) is 4.79 Å². The van der Waals surface area contributed by atoms with Gasteiger partial charge in [0.2, 0.25) is 5.89 Å². The van der Waals surface area contributed by atoms with Crippen LogP contribution in [-0.4, -0.2) is 72.1 Å². The number of benzene rings is 2. The Morgan fingerprint density at radius 3 is 2.46 bits per heavy atom. The minimum absolute atomic E-state index is 0.0245. The molecule has 0 N–H and O–H groups in total. The third kappa shape index (κ3) is 5.47. The second-order valence-electron chi connectivity index (χ2n) is 9.86. The number of hydrogen-bond donors (Lipinski definition) is 0. The first-order valence-electron chi connectivity index (χ1n) is 11.7. The molecule has 2 fully saturated rings. The second-order valence-corrected chi connectivity index (χ2v) is 9.86. The molecule has 9 nitrogen and oxygen atoms in total. The van der Waals surface area contributed by atoms with Crippen LogP contribution in [0.1, 0.15) is 30.1 Å². The highest BCUT2D eigenvalue weighted by Crippen LogP contribution is 2.26. The summed E-state index contributed by atoms with van der Waals surface area (Å²) in [5.74, 6) is 1.50. The fourth-order valence-electron chi connectivity index (χ4n) is 4.35. The maximum atomic E-state index is 12.7. The Bertz CT molecular complexity index is 1150. The predicted molar refractivity (Wildman–Crippen MR) is 128 cm³/mol. The number of likely N-dealkylation sites (tertiary alicyclic amines) is 1. The standard InChI is InChI=1S/C26H30N4O5/c1-26(2)15-29(17-33-16-26)12-18-4-8-21(9-5-18)34-22-13-30(14-22)25(31)24-28-27-23(35-24)19-6-10-20(32-3)11-7-19/h4-11,22H,12-17H2,1-3H3. The van der Waals surface area contributed by atoms with E-state index in [1.807, 2.05) is 12.1 Å². The Labute approximate surface area is 204 Å². The summed E-state index contributed by atoms with van der Waals surface area (Å²) in [7, 11) is 1.60. The summed E-state index contributed by atoms with van der Waals surface area (Å²) >= 11 is 0. The van der Waals surface area contributed by atoms with Crippen molar-refractivity contribution >= 4 is 5.91 Å². The average molecular weight is 479 g/mol. The van der Waals surface area contributed by atoms with Gasteiger partial charge in [-0.25, -0.2) is 0 Å². The fraction of sp³-hybridized carbons (Fsp3) is 0.423. The van der Waals surface area contributed by atoms with Crippen molar-refractivity contribution in [3.05, 3.63) is 60.0 Å². The molecule has 2 saturated heterocycles. The molecule has 0 saturated carbocycles. The largest absolute Gasteiger partial charge is 0.497 e. The van der Waals surface area contributed by atoms with Gasteiger partial charge in [-0.05, 0) is 42.0 Å². The molecule has 0 unspecified atom stereocenters. The molecule has 0 atom stereocenters. The first-order valence-corrected chi connectivity index (χ1v) is 11.7. The number of nitrogens with zero attached hydrogens (tertiary/aromatic N) is 4. The van der Waals surface area contributed by atoms with Gasteiger partial charge in [0.25, 0.3) is 0 Å². The molecule has 5 rings (SSSR count). The van der Waals surface area contributed by atoms with E-state index in [0.717, 1.165) is 36.8 Å². The monoisotopic (exact) mass is 478 g/mol.